The molecule has 0 aliphatic rings. The van der Waals surface area contributed by atoms with E-state index in [1.807, 2.05) is 24.3 Å². The molecule has 2 aromatic rings. The van der Waals surface area contributed by atoms with Crippen LogP contribution in [0.25, 0.3) is 0 Å². The lowest BCUT2D eigenvalue weighted by Gasteiger charge is -2.07. The number of ether oxygens (including phenoxy) is 1. The van der Waals surface area contributed by atoms with Gasteiger partial charge in [-0.15, -0.1) is 0 Å². The largest absolute Gasteiger partial charge is 0.497 e. The van der Waals surface area contributed by atoms with E-state index < -0.39 is 5.97 Å². The minimum Gasteiger partial charge on any atom is -0.497 e. The van der Waals surface area contributed by atoms with E-state index in [-0.39, 0.29) is 5.56 Å². The number of methoxy groups -OCH3 is 1. The number of hydrogen-bond acceptors (Lipinski definition) is 5. The van der Waals surface area contributed by atoms with Crippen molar-refractivity contribution in [3.05, 3.63) is 53.6 Å². The van der Waals surface area contributed by atoms with E-state index in [1.54, 1.807) is 7.11 Å². The van der Waals surface area contributed by atoms with Crippen LogP contribution in [0.4, 0.5) is 0 Å². The van der Waals surface area contributed by atoms with Gasteiger partial charge in [0.15, 0.2) is 0 Å². The molecule has 2 rings (SSSR count). The van der Waals surface area contributed by atoms with Crippen molar-refractivity contribution in [2.45, 2.75) is 13.0 Å². The van der Waals surface area contributed by atoms with Crippen LogP contribution in [0.1, 0.15) is 21.6 Å². The molecule has 110 valence electrons. The molecule has 6 nitrogen and oxygen atoms in total. The number of nitrogens with one attached hydrogen (secondary N) is 1. The maximum Gasteiger partial charge on any atom is 0.339 e. The molecule has 0 radical (unpaired) electrons. The Morgan fingerprint density at radius 3 is 3.05 bits per heavy atom. The Morgan fingerprint density at radius 1 is 1.43 bits per heavy atom. The topological polar surface area (TPSA) is 84.3 Å². The van der Waals surface area contributed by atoms with Gasteiger partial charge in [0, 0.05) is 12.7 Å². The average Bonchev–Trinajstić information content (AvgIpc) is 2.52. The Bertz CT molecular complexity index is 617. The van der Waals surface area contributed by atoms with E-state index in [0.717, 1.165) is 24.3 Å². The monoisotopic (exact) mass is 287 g/mol. The maximum atomic E-state index is 11.0. The summed E-state index contributed by atoms with van der Waals surface area (Å²) in [7, 11) is 1.64. The van der Waals surface area contributed by atoms with Crippen LogP contribution in [-0.4, -0.2) is 34.7 Å². The van der Waals surface area contributed by atoms with Gasteiger partial charge >= 0.3 is 5.97 Å². The van der Waals surface area contributed by atoms with Crippen molar-refractivity contribution in [3.8, 4) is 5.75 Å². The molecule has 0 amide bonds. The van der Waals surface area contributed by atoms with Crippen LogP contribution in [0, 0.1) is 0 Å². The third-order valence-corrected chi connectivity index (χ3v) is 3.04. The molecule has 0 unspecified atom stereocenters. The number of nitrogens with zero attached hydrogens (tertiary/aromatic N) is 2. The van der Waals surface area contributed by atoms with Crippen molar-refractivity contribution in [1.82, 2.24) is 15.3 Å². The Balaban J connectivity index is 1.86. The predicted octanol–water partition coefficient (Wildman–Crippen LogP) is 1.52. The summed E-state index contributed by atoms with van der Waals surface area (Å²) in [5, 5.41) is 12.2. The first-order valence-corrected chi connectivity index (χ1v) is 6.56. The molecular formula is C15H17N3O3. The zero-order chi connectivity index (χ0) is 15.1. The van der Waals surface area contributed by atoms with Gasteiger partial charge < -0.3 is 15.2 Å². The van der Waals surface area contributed by atoms with E-state index >= 15 is 0 Å². The Labute approximate surface area is 122 Å². The number of aromatic carboxylic acids is 1. The summed E-state index contributed by atoms with van der Waals surface area (Å²) in [5.41, 5.74) is 1.78. The second kappa shape index (κ2) is 7.35. The van der Waals surface area contributed by atoms with E-state index in [0.29, 0.717) is 12.2 Å². The second-order valence-electron chi connectivity index (χ2n) is 4.47. The average molecular weight is 287 g/mol. The van der Waals surface area contributed by atoms with Crippen molar-refractivity contribution in [2.24, 2.45) is 0 Å². The minimum atomic E-state index is -1.01. The summed E-state index contributed by atoms with van der Waals surface area (Å²) < 4.78 is 5.17. The third-order valence-electron chi connectivity index (χ3n) is 3.04. The molecule has 0 aliphatic heterocycles. The van der Waals surface area contributed by atoms with Crippen LogP contribution in [0.3, 0.4) is 0 Å². The molecule has 21 heavy (non-hydrogen) atoms. The van der Waals surface area contributed by atoms with E-state index in [4.69, 9.17) is 9.84 Å². The zero-order valence-corrected chi connectivity index (χ0v) is 11.7. The number of benzene rings is 1. The van der Waals surface area contributed by atoms with Crippen LogP contribution in [0.2, 0.25) is 0 Å². The lowest BCUT2D eigenvalue weighted by molar-refractivity contribution is 0.0694. The fraction of sp³-hybridized carbons (Fsp3) is 0.267. The number of hydrogen-bond donors (Lipinski definition) is 2. The predicted molar refractivity (Wildman–Crippen MR) is 77.4 cm³/mol. The van der Waals surface area contributed by atoms with Gasteiger partial charge in [-0.05, 0) is 30.7 Å². The smallest absolute Gasteiger partial charge is 0.339 e. The molecule has 0 spiro atoms. The SMILES string of the molecule is COc1cccc(CCNCc2ncncc2C(=O)O)c1. The molecule has 0 fully saturated rings. The van der Waals surface area contributed by atoms with E-state index in [1.165, 1.54) is 12.5 Å². The van der Waals surface area contributed by atoms with Crippen molar-refractivity contribution < 1.29 is 14.6 Å². The third kappa shape index (κ3) is 4.25. The maximum absolute atomic E-state index is 11.0. The van der Waals surface area contributed by atoms with E-state index in [2.05, 4.69) is 15.3 Å². The highest BCUT2D eigenvalue weighted by molar-refractivity contribution is 5.88. The number of aromatic nitrogens is 2. The summed E-state index contributed by atoms with van der Waals surface area (Å²) in [6.45, 7) is 1.12. The molecule has 0 saturated heterocycles. The van der Waals surface area contributed by atoms with Crippen molar-refractivity contribution >= 4 is 5.97 Å². The molecular weight excluding hydrogens is 270 g/mol. The second-order valence-corrected chi connectivity index (χ2v) is 4.47. The first-order chi connectivity index (χ1) is 10.2. The van der Waals surface area contributed by atoms with Crippen LogP contribution >= 0.6 is 0 Å². The van der Waals surface area contributed by atoms with Crippen molar-refractivity contribution in [1.29, 1.82) is 0 Å². The number of carboxylic acids is 1. The Kier molecular flexibility index (Phi) is 5.22. The summed E-state index contributed by atoms with van der Waals surface area (Å²) >= 11 is 0. The van der Waals surface area contributed by atoms with Crippen LogP contribution < -0.4 is 10.1 Å². The van der Waals surface area contributed by atoms with Gasteiger partial charge in [-0.2, -0.15) is 0 Å². The highest BCUT2D eigenvalue weighted by Crippen LogP contribution is 2.12. The quantitative estimate of drug-likeness (QED) is 0.751. The fourth-order valence-corrected chi connectivity index (χ4v) is 1.94. The molecule has 0 atom stereocenters. The van der Waals surface area contributed by atoms with Gasteiger partial charge in [0.2, 0.25) is 0 Å². The van der Waals surface area contributed by atoms with Crippen LogP contribution in [-0.2, 0) is 13.0 Å². The lowest BCUT2D eigenvalue weighted by Crippen LogP contribution is -2.19. The molecule has 0 bridgehead atoms. The van der Waals surface area contributed by atoms with Gasteiger partial charge in [0.1, 0.15) is 17.6 Å². The zero-order valence-electron chi connectivity index (χ0n) is 11.7. The summed E-state index contributed by atoms with van der Waals surface area (Å²) in [6.07, 6.45) is 3.49. The molecule has 0 saturated carbocycles. The highest BCUT2D eigenvalue weighted by atomic mass is 16.5. The van der Waals surface area contributed by atoms with Gasteiger partial charge in [-0.25, -0.2) is 14.8 Å². The van der Waals surface area contributed by atoms with Gasteiger partial charge in [-0.1, -0.05) is 12.1 Å². The lowest BCUT2D eigenvalue weighted by atomic mass is 10.1. The molecule has 1 aromatic heterocycles. The molecule has 0 aliphatic carbocycles. The first-order valence-electron chi connectivity index (χ1n) is 6.56. The number of carbonyl (C=O) groups is 1. The summed E-state index contributed by atoms with van der Waals surface area (Å²) in [4.78, 5) is 18.8. The fourth-order valence-electron chi connectivity index (χ4n) is 1.94. The normalized spacial score (nSPS) is 10.3. The summed E-state index contributed by atoms with van der Waals surface area (Å²) in [5.74, 6) is -0.184. The standard InChI is InChI=1S/C15H17N3O3/c1-21-12-4-2-3-11(7-12)5-6-16-9-14-13(15(19)20)8-17-10-18-14/h2-4,7-8,10,16H,5-6,9H2,1H3,(H,19,20). The van der Waals surface area contributed by atoms with Gasteiger partial charge in [-0.3, -0.25) is 0 Å². The van der Waals surface area contributed by atoms with E-state index in [9.17, 15) is 4.79 Å². The molecule has 1 aromatic carbocycles. The van der Waals surface area contributed by atoms with Crippen molar-refractivity contribution in [2.75, 3.05) is 13.7 Å². The van der Waals surface area contributed by atoms with Crippen molar-refractivity contribution in [3.63, 3.8) is 0 Å². The Hall–Kier alpha value is -2.47. The Morgan fingerprint density at radius 2 is 2.29 bits per heavy atom. The first kappa shape index (κ1) is 14.9. The summed E-state index contributed by atoms with van der Waals surface area (Å²) in [6, 6.07) is 7.85. The molecule has 1 heterocycles. The molecule has 2 N–H and O–H groups in total. The van der Waals surface area contributed by atoms with Gasteiger partial charge in [0.25, 0.3) is 0 Å². The molecule has 6 heteroatoms. The minimum absolute atomic E-state index is 0.131. The van der Waals surface area contributed by atoms with Gasteiger partial charge in [0.05, 0.1) is 12.8 Å². The number of rotatable bonds is 7. The van der Waals surface area contributed by atoms with Crippen LogP contribution in [0.5, 0.6) is 5.75 Å². The highest BCUT2D eigenvalue weighted by Gasteiger charge is 2.10. The number of carboxylic acid groups (broad SMARTS) is 1. The van der Waals surface area contributed by atoms with Crippen LogP contribution in [0.15, 0.2) is 36.8 Å².